The molecule has 0 aliphatic heterocycles. The van der Waals surface area contributed by atoms with Crippen LogP contribution >= 0.6 is 0 Å². The number of hydrogen-bond donors (Lipinski definition) is 2. The molecule has 2 N–H and O–H groups in total. The average molecular weight is 325 g/mol. The SMILES string of the molecule is COc1ccc(/C=C/C(=O)N[C@H](C)C(=O)Nc2ccncc2)cc1. The highest BCUT2D eigenvalue weighted by atomic mass is 16.5. The van der Waals surface area contributed by atoms with Gasteiger partial charge in [-0.05, 0) is 42.8 Å². The fourth-order valence-electron chi connectivity index (χ4n) is 1.90. The molecule has 1 atom stereocenters. The van der Waals surface area contributed by atoms with Crippen molar-refractivity contribution in [1.82, 2.24) is 10.3 Å². The number of nitrogens with one attached hydrogen (secondary N) is 2. The summed E-state index contributed by atoms with van der Waals surface area (Å²) in [5, 5.41) is 5.32. The third-order valence-corrected chi connectivity index (χ3v) is 3.24. The van der Waals surface area contributed by atoms with Crippen LogP contribution in [0.3, 0.4) is 0 Å². The van der Waals surface area contributed by atoms with Gasteiger partial charge in [0.2, 0.25) is 11.8 Å². The molecule has 6 nitrogen and oxygen atoms in total. The van der Waals surface area contributed by atoms with Gasteiger partial charge in [0.05, 0.1) is 7.11 Å². The minimum absolute atomic E-state index is 0.299. The van der Waals surface area contributed by atoms with Crippen molar-refractivity contribution in [1.29, 1.82) is 0 Å². The topological polar surface area (TPSA) is 80.3 Å². The lowest BCUT2D eigenvalue weighted by Crippen LogP contribution is -2.40. The van der Waals surface area contributed by atoms with Crippen LogP contribution in [0.15, 0.2) is 54.9 Å². The van der Waals surface area contributed by atoms with E-state index in [1.165, 1.54) is 6.08 Å². The number of pyridine rings is 1. The molecule has 1 aromatic heterocycles. The molecule has 2 aromatic rings. The summed E-state index contributed by atoms with van der Waals surface area (Å²) in [7, 11) is 1.59. The zero-order chi connectivity index (χ0) is 17.4. The van der Waals surface area contributed by atoms with E-state index in [9.17, 15) is 9.59 Å². The first-order valence-corrected chi connectivity index (χ1v) is 7.42. The first-order chi connectivity index (χ1) is 11.6. The monoisotopic (exact) mass is 325 g/mol. The van der Waals surface area contributed by atoms with E-state index in [0.717, 1.165) is 11.3 Å². The number of anilines is 1. The van der Waals surface area contributed by atoms with Crippen LogP contribution in [0, 0.1) is 0 Å². The van der Waals surface area contributed by atoms with Gasteiger partial charge in [-0.15, -0.1) is 0 Å². The summed E-state index contributed by atoms with van der Waals surface area (Å²) < 4.78 is 5.07. The Balaban J connectivity index is 1.86. The highest BCUT2D eigenvalue weighted by Gasteiger charge is 2.14. The van der Waals surface area contributed by atoms with Gasteiger partial charge in [-0.1, -0.05) is 12.1 Å². The van der Waals surface area contributed by atoms with E-state index < -0.39 is 6.04 Å². The van der Waals surface area contributed by atoms with Crippen LogP contribution in [0.4, 0.5) is 5.69 Å². The van der Waals surface area contributed by atoms with E-state index in [4.69, 9.17) is 4.74 Å². The number of carbonyl (C=O) groups is 2. The van der Waals surface area contributed by atoms with E-state index in [1.807, 2.05) is 24.3 Å². The van der Waals surface area contributed by atoms with Gasteiger partial charge in [-0.2, -0.15) is 0 Å². The normalized spacial score (nSPS) is 11.8. The van der Waals surface area contributed by atoms with Crippen LogP contribution in [-0.4, -0.2) is 29.9 Å². The van der Waals surface area contributed by atoms with Crippen LogP contribution in [0.1, 0.15) is 12.5 Å². The summed E-state index contributed by atoms with van der Waals surface area (Å²) in [5.74, 6) is 0.105. The Labute approximate surface area is 140 Å². The van der Waals surface area contributed by atoms with E-state index >= 15 is 0 Å². The third kappa shape index (κ3) is 5.24. The number of benzene rings is 1. The molecule has 24 heavy (non-hydrogen) atoms. The molecule has 0 saturated heterocycles. The van der Waals surface area contributed by atoms with Gasteiger partial charge in [0.15, 0.2) is 0 Å². The van der Waals surface area contributed by atoms with Crippen molar-refractivity contribution in [2.75, 3.05) is 12.4 Å². The highest BCUT2D eigenvalue weighted by Crippen LogP contribution is 2.12. The van der Waals surface area contributed by atoms with Gasteiger partial charge < -0.3 is 15.4 Å². The van der Waals surface area contributed by atoms with Gasteiger partial charge >= 0.3 is 0 Å². The molecule has 6 heteroatoms. The summed E-state index contributed by atoms with van der Waals surface area (Å²) in [6.45, 7) is 1.62. The van der Waals surface area contributed by atoms with Gasteiger partial charge in [-0.25, -0.2) is 0 Å². The highest BCUT2D eigenvalue weighted by molar-refractivity contribution is 5.99. The Bertz CT molecular complexity index is 712. The minimum Gasteiger partial charge on any atom is -0.497 e. The lowest BCUT2D eigenvalue weighted by Gasteiger charge is -2.12. The second-order valence-corrected chi connectivity index (χ2v) is 5.06. The van der Waals surface area contributed by atoms with Crippen LogP contribution in [0.5, 0.6) is 5.75 Å². The predicted octanol–water partition coefficient (Wildman–Crippen LogP) is 2.25. The number of nitrogens with zero attached hydrogens (tertiary/aromatic N) is 1. The quantitative estimate of drug-likeness (QED) is 0.798. The number of rotatable bonds is 6. The lowest BCUT2D eigenvalue weighted by molar-refractivity contribution is -0.123. The second-order valence-electron chi connectivity index (χ2n) is 5.06. The van der Waals surface area contributed by atoms with Crippen molar-refractivity contribution in [3.8, 4) is 5.75 Å². The van der Waals surface area contributed by atoms with E-state index in [1.54, 1.807) is 44.6 Å². The van der Waals surface area contributed by atoms with Gasteiger partial charge in [0.1, 0.15) is 11.8 Å². The molecule has 0 aliphatic rings. The molecule has 0 saturated carbocycles. The van der Waals surface area contributed by atoms with Gasteiger partial charge in [-0.3, -0.25) is 14.6 Å². The van der Waals surface area contributed by atoms with E-state index in [2.05, 4.69) is 15.6 Å². The number of hydrogen-bond acceptors (Lipinski definition) is 4. The summed E-state index contributed by atoms with van der Waals surface area (Å²) in [5.41, 5.74) is 1.49. The molecular weight excluding hydrogens is 306 g/mol. The van der Waals surface area contributed by atoms with E-state index in [-0.39, 0.29) is 11.8 Å². The Morgan fingerprint density at radius 2 is 1.79 bits per heavy atom. The second kappa shape index (κ2) is 8.47. The van der Waals surface area contributed by atoms with Gasteiger partial charge in [0.25, 0.3) is 0 Å². The Kier molecular flexibility index (Phi) is 6.08. The molecule has 1 aromatic carbocycles. The van der Waals surface area contributed by atoms with Crippen molar-refractivity contribution in [3.05, 3.63) is 60.4 Å². The number of carbonyl (C=O) groups excluding carboxylic acids is 2. The number of amides is 2. The first-order valence-electron chi connectivity index (χ1n) is 7.42. The summed E-state index contributed by atoms with van der Waals surface area (Å²) >= 11 is 0. The smallest absolute Gasteiger partial charge is 0.246 e. The Hall–Kier alpha value is -3.15. The maximum atomic E-state index is 12.0. The molecule has 0 bridgehead atoms. The van der Waals surface area contributed by atoms with E-state index in [0.29, 0.717) is 5.69 Å². The Morgan fingerprint density at radius 1 is 1.12 bits per heavy atom. The summed E-state index contributed by atoms with van der Waals surface area (Å²) in [6.07, 6.45) is 6.22. The predicted molar refractivity (Wildman–Crippen MR) is 92.5 cm³/mol. The van der Waals surface area contributed by atoms with Crippen molar-refractivity contribution in [3.63, 3.8) is 0 Å². The van der Waals surface area contributed by atoms with Gasteiger partial charge in [0, 0.05) is 24.2 Å². The summed E-state index contributed by atoms with van der Waals surface area (Å²) in [4.78, 5) is 27.8. The molecule has 2 rings (SSSR count). The average Bonchev–Trinajstić information content (AvgIpc) is 2.61. The zero-order valence-electron chi connectivity index (χ0n) is 13.5. The van der Waals surface area contributed by atoms with Crippen LogP contribution in [-0.2, 0) is 9.59 Å². The van der Waals surface area contributed by atoms with Crippen molar-refractivity contribution < 1.29 is 14.3 Å². The number of aromatic nitrogens is 1. The standard InChI is InChI=1S/C18H19N3O3/c1-13(18(23)21-15-9-11-19-12-10-15)20-17(22)8-5-14-3-6-16(24-2)7-4-14/h3-13H,1-2H3,(H,20,22)(H,19,21,23)/b8-5+/t13-/m1/s1. The zero-order valence-corrected chi connectivity index (χ0v) is 13.5. The van der Waals surface area contributed by atoms with Crippen molar-refractivity contribution in [2.45, 2.75) is 13.0 Å². The van der Waals surface area contributed by atoms with Crippen LogP contribution < -0.4 is 15.4 Å². The fraction of sp³-hybridized carbons (Fsp3) is 0.167. The fourth-order valence-corrected chi connectivity index (χ4v) is 1.90. The maximum Gasteiger partial charge on any atom is 0.246 e. The minimum atomic E-state index is -0.661. The molecule has 0 radical (unpaired) electrons. The first kappa shape index (κ1) is 17.2. The number of ether oxygens (including phenoxy) is 1. The number of methoxy groups -OCH3 is 1. The van der Waals surface area contributed by atoms with Crippen molar-refractivity contribution in [2.24, 2.45) is 0 Å². The molecule has 0 spiro atoms. The molecule has 2 amide bonds. The molecule has 0 fully saturated rings. The Morgan fingerprint density at radius 3 is 2.42 bits per heavy atom. The molecular formula is C18H19N3O3. The third-order valence-electron chi connectivity index (χ3n) is 3.24. The molecule has 0 aliphatic carbocycles. The largest absolute Gasteiger partial charge is 0.497 e. The molecule has 124 valence electrons. The van der Waals surface area contributed by atoms with Crippen LogP contribution in [0.2, 0.25) is 0 Å². The lowest BCUT2D eigenvalue weighted by atomic mass is 10.2. The summed E-state index contributed by atoms with van der Waals surface area (Å²) in [6, 6.07) is 9.98. The van der Waals surface area contributed by atoms with Crippen molar-refractivity contribution >= 4 is 23.6 Å². The molecule has 0 unspecified atom stereocenters. The molecule has 1 heterocycles. The van der Waals surface area contributed by atoms with Crippen LogP contribution in [0.25, 0.3) is 6.08 Å². The maximum absolute atomic E-state index is 12.0.